The lowest BCUT2D eigenvalue weighted by molar-refractivity contribution is 0.0258. The van der Waals surface area contributed by atoms with Crippen LogP contribution in [0.2, 0.25) is 0 Å². The van der Waals surface area contributed by atoms with Gasteiger partial charge in [0.1, 0.15) is 17.2 Å². The van der Waals surface area contributed by atoms with Crippen molar-refractivity contribution in [1.29, 1.82) is 0 Å². The number of nitrogens with zero attached hydrogens (tertiary/aromatic N) is 6. The molecule has 0 unspecified atom stereocenters. The minimum atomic E-state index is -0.509. The van der Waals surface area contributed by atoms with Crippen LogP contribution in [-0.2, 0) is 17.6 Å². The molecule has 0 atom stereocenters. The van der Waals surface area contributed by atoms with Gasteiger partial charge in [-0.2, -0.15) is 9.61 Å². The molecule has 0 aromatic carbocycles. The van der Waals surface area contributed by atoms with E-state index >= 15 is 0 Å². The maximum absolute atomic E-state index is 12.6. The third-order valence-corrected chi connectivity index (χ3v) is 5.76. The summed E-state index contributed by atoms with van der Waals surface area (Å²) in [5, 5.41) is 4.53. The van der Waals surface area contributed by atoms with Crippen molar-refractivity contribution in [1.82, 2.24) is 24.5 Å². The summed E-state index contributed by atoms with van der Waals surface area (Å²) in [6.07, 6.45) is 4.70. The summed E-state index contributed by atoms with van der Waals surface area (Å²) in [6, 6.07) is 1.93. The van der Waals surface area contributed by atoms with Crippen LogP contribution in [0.3, 0.4) is 0 Å². The molecule has 31 heavy (non-hydrogen) atoms. The Morgan fingerprint density at radius 2 is 2.00 bits per heavy atom. The van der Waals surface area contributed by atoms with Crippen molar-refractivity contribution in [2.45, 2.75) is 52.1 Å². The van der Waals surface area contributed by atoms with Crippen LogP contribution < -0.4 is 4.90 Å². The fourth-order valence-corrected chi connectivity index (χ4v) is 4.27. The fraction of sp³-hybridized carbons (Fsp3) is 0.545. The molecule has 0 bridgehead atoms. The van der Waals surface area contributed by atoms with E-state index in [4.69, 9.17) is 14.1 Å². The number of oxazole rings is 1. The summed E-state index contributed by atoms with van der Waals surface area (Å²) in [5.74, 6) is 2.97. The maximum atomic E-state index is 12.6. The van der Waals surface area contributed by atoms with E-state index in [1.54, 1.807) is 17.3 Å². The lowest BCUT2D eigenvalue weighted by Crippen LogP contribution is -2.47. The Hall–Kier alpha value is -3.10. The van der Waals surface area contributed by atoms with Crippen LogP contribution in [-0.4, -0.2) is 62.4 Å². The number of amides is 1. The van der Waals surface area contributed by atoms with E-state index in [0.29, 0.717) is 25.9 Å². The highest BCUT2D eigenvalue weighted by Gasteiger charge is 2.36. The Morgan fingerprint density at radius 3 is 2.71 bits per heavy atom. The van der Waals surface area contributed by atoms with Gasteiger partial charge in [0.25, 0.3) is 0 Å². The SMILES string of the molecule is Cc1cnc(C2CN(c3c4c(nc5ccnn35)CCN(C(=O)OC(C)(C)C)CC4)C2)o1. The summed E-state index contributed by atoms with van der Waals surface area (Å²) in [5.41, 5.74) is 2.51. The van der Waals surface area contributed by atoms with Gasteiger partial charge in [-0.3, -0.25) is 0 Å². The summed E-state index contributed by atoms with van der Waals surface area (Å²) in [6.45, 7) is 10.4. The van der Waals surface area contributed by atoms with Crippen molar-refractivity contribution in [2.75, 3.05) is 31.1 Å². The molecule has 0 saturated carbocycles. The standard InChI is InChI=1S/C22H28N6O3/c1-14-11-23-19(30-14)15-12-27(13-15)20-16-6-9-26(21(29)31-22(2,3)4)10-7-17(16)25-18-5-8-24-28(18)20/h5,8,11,15H,6-7,9-10,12-13H2,1-4H3. The number of carbonyl (C=O) groups excluding carboxylic acids is 1. The smallest absolute Gasteiger partial charge is 0.410 e. The maximum Gasteiger partial charge on any atom is 0.410 e. The quantitative estimate of drug-likeness (QED) is 0.625. The van der Waals surface area contributed by atoms with Crippen LogP contribution in [0.25, 0.3) is 5.65 Å². The van der Waals surface area contributed by atoms with Crippen molar-refractivity contribution in [3.05, 3.63) is 41.4 Å². The largest absolute Gasteiger partial charge is 0.446 e. The molecule has 5 rings (SSSR count). The highest BCUT2D eigenvalue weighted by molar-refractivity contribution is 5.69. The first-order chi connectivity index (χ1) is 14.8. The monoisotopic (exact) mass is 424 g/mol. The average molecular weight is 425 g/mol. The van der Waals surface area contributed by atoms with Crippen molar-refractivity contribution in [3.63, 3.8) is 0 Å². The van der Waals surface area contributed by atoms with Gasteiger partial charge in [-0.25, -0.2) is 14.8 Å². The number of rotatable bonds is 2. The lowest BCUT2D eigenvalue weighted by Gasteiger charge is -2.40. The molecule has 0 aliphatic carbocycles. The van der Waals surface area contributed by atoms with Crippen LogP contribution in [0.5, 0.6) is 0 Å². The van der Waals surface area contributed by atoms with E-state index in [0.717, 1.165) is 47.5 Å². The first-order valence-corrected chi connectivity index (χ1v) is 10.8. The van der Waals surface area contributed by atoms with E-state index < -0.39 is 5.60 Å². The van der Waals surface area contributed by atoms with Gasteiger partial charge in [0.2, 0.25) is 5.89 Å². The predicted octanol–water partition coefficient (Wildman–Crippen LogP) is 2.97. The summed E-state index contributed by atoms with van der Waals surface area (Å²) < 4.78 is 13.2. The molecule has 3 aromatic rings. The summed E-state index contributed by atoms with van der Waals surface area (Å²) >= 11 is 0. The Balaban J connectivity index is 1.41. The Morgan fingerprint density at radius 1 is 1.23 bits per heavy atom. The number of aromatic nitrogens is 4. The zero-order valence-electron chi connectivity index (χ0n) is 18.5. The molecule has 0 radical (unpaired) electrons. The molecule has 3 aromatic heterocycles. The van der Waals surface area contributed by atoms with Crippen molar-refractivity contribution < 1.29 is 13.9 Å². The normalized spacial score (nSPS) is 17.4. The van der Waals surface area contributed by atoms with E-state index in [1.165, 1.54) is 0 Å². The van der Waals surface area contributed by atoms with Gasteiger partial charge in [0.05, 0.1) is 24.0 Å². The molecule has 5 heterocycles. The highest BCUT2D eigenvalue weighted by Crippen LogP contribution is 2.35. The molecule has 1 fully saturated rings. The molecule has 2 aliphatic heterocycles. The van der Waals surface area contributed by atoms with Gasteiger partial charge < -0.3 is 19.0 Å². The van der Waals surface area contributed by atoms with Crippen LogP contribution in [0, 0.1) is 6.92 Å². The van der Waals surface area contributed by atoms with Crippen molar-refractivity contribution in [2.24, 2.45) is 0 Å². The van der Waals surface area contributed by atoms with Gasteiger partial charge in [0.15, 0.2) is 5.65 Å². The number of ether oxygens (including phenoxy) is 1. The number of aryl methyl sites for hydroxylation is 1. The van der Waals surface area contributed by atoms with Gasteiger partial charge in [-0.05, 0) is 34.1 Å². The minimum Gasteiger partial charge on any atom is -0.446 e. The summed E-state index contributed by atoms with van der Waals surface area (Å²) in [7, 11) is 0. The number of carbonyl (C=O) groups is 1. The second-order valence-corrected chi connectivity index (χ2v) is 9.34. The Bertz CT molecular complexity index is 1120. The zero-order chi connectivity index (χ0) is 21.8. The number of hydrogen-bond donors (Lipinski definition) is 0. The molecular formula is C22H28N6O3. The molecule has 2 aliphatic rings. The van der Waals surface area contributed by atoms with Crippen LogP contribution in [0.15, 0.2) is 22.9 Å². The van der Waals surface area contributed by atoms with Gasteiger partial charge in [0, 0.05) is 44.2 Å². The molecule has 1 saturated heterocycles. The minimum absolute atomic E-state index is 0.269. The van der Waals surface area contributed by atoms with E-state index in [1.807, 2.05) is 38.3 Å². The van der Waals surface area contributed by atoms with Gasteiger partial charge in [-0.15, -0.1) is 0 Å². The van der Waals surface area contributed by atoms with Crippen molar-refractivity contribution >= 4 is 17.6 Å². The fourth-order valence-electron chi connectivity index (χ4n) is 4.27. The van der Waals surface area contributed by atoms with Crippen LogP contribution in [0.1, 0.15) is 49.6 Å². The highest BCUT2D eigenvalue weighted by atomic mass is 16.6. The molecule has 0 spiro atoms. The van der Waals surface area contributed by atoms with Crippen molar-refractivity contribution in [3.8, 4) is 0 Å². The lowest BCUT2D eigenvalue weighted by atomic mass is 9.98. The second kappa shape index (κ2) is 7.25. The number of hydrogen-bond acceptors (Lipinski definition) is 7. The van der Waals surface area contributed by atoms with E-state index in [-0.39, 0.29) is 12.0 Å². The first kappa shape index (κ1) is 19.8. The Kier molecular flexibility index (Phi) is 4.64. The topological polar surface area (TPSA) is 89.0 Å². The van der Waals surface area contributed by atoms with E-state index in [9.17, 15) is 4.79 Å². The second-order valence-electron chi connectivity index (χ2n) is 9.34. The third-order valence-electron chi connectivity index (χ3n) is 5.76. The third kappa shape index (κ3) is 3.73. The molecule has 0 N–H and O–H groups in total. The average Bonchev–Trinajstić information content (AvgIpc) is 3.22. The van der Waals surface area contributed by atoms with Gasteiger partial charge >= 0.3 is 6.09 Å². The molecule has 164 valence electrons. The molecule has 1 amide bonds. The van der Waals surface area contributed by atoms with Crippen LogP contribution in [0.4, 0.5) is 10.6 Å². The number of fused-ring (bicyclic) bond motifs is 2. The van der Waals surface area contributed by atoms with E-state index in [2.05, 4.69) is 15.0 Å². The molecular weight excluding hydrogens is 396 g/mol. The first-order valence-electron chi connectivity index (χ1n) is 10.8. The predicted molar refractivity (Wildman–Crippen MR) is 114 cm³/mol. The summed E-state index contributed by atoms with van der Waals surface area (Å²) in [4.78, 5) is 26.0. The Labute approximate surface area is 181 Å². The number of anilines is 1. The molecule has 9 nitrogen and oxygen atoms in total. The van der Waals surface area contributed by atoms with Crippen LogP contribution >= 0.6 is 0 Å². The molecule has 9 heteroatoms. The van der Waals surface area contributed by atoms with Gasteiger partial charge in [-0.1, -0.05) is 0 Å². The zero-order valence-corrected chi connectivity index (χ0v) is 18.5.